The van der Waals surface area contributed by atoms with Gasteiger partial charge in [0.25, 0.3) is 5.91 Å². The molecular formula is C17H15NO3. The standard InChI is InChI=1S/C17H15NO3/c1-12-8-9-15(13(11-12)5-4-10-19)18-17(21)14-6-2-3-7-16(14)20/h2-3,6-9,11,19-20H,10H2,1H3,(H,18,21). The maximum atomic E-state index is 12.2. The predicted octanol–water partition coefficient (Wildman–Crippen LogP) is 2.30. The molecule has 0 heterocycles. The van der Waals surface area contributed by atoms with Crippen molar-refractivity contribution in [3.63, 3.8) is 0 Å². The minimum atomic E-state index is -0.413. The van der Waals surface area contributed by atoms with Crippen LogP contribution in [0.3, 0.4) is 0 Å². The molecule has 0 radical (unpaired) electrons. The van der Waals surface area contributed by atoms with E-state index in [1.807, 2.05) is 19.1 Å². The summed E-state index contributed by atoms with van der Waals surface area (Å²) in [5, 5.41) is 21.2. The molecule has 2 rings (SSSR count). The van der Waals surface area contributed by atoms with E-state index in [1.165, 1.54) is 12.1 Å². The van der Waals surface area contributed by atoms with Gasteiger partial charge >= 0.3 is 0 Å². The minimum Gasteiger partial charge on any atom is -0.507 e. The second-order valence-electron chi connectivity index (χ2n) is 4.48. The number of carbonyl (C=O) groups excluding carboxylic acids is 1. The summed E-state index contributed by atoms with van der Waals surface area (Å²) < 4.78 is 0. The molecule has 0 saturated heterocycles. The van der Waals surface area contributed by atoms with Crippen molar-refractivity contribution in [2.24, 2.45) is 0 Å². The third kappa shape index (κ3) is 3.62. The highest BCUT2D eigenvalue weighted by molar-refractivity contribution is 6.06. The first-order valence-corrected chi connectivity index (χ1v) is 6.41. The van der Waals surface area contributed by atoms with Crippen LogP contribution in [0.5, 0.6) is 5.75 Å². The number of aromatic hydroxyl groups is 1. The summed E-state index contributed by atoms with van der Waals surface area (Å²) in [6, 6.07) is 11.7. The fourth-order valence-electron chi connectivity index (χ4n) is 1.86. The zero-order chi connectivity index (χ0) is 15.2. The van der Waals surface area contributed by atoms with Gasteiger partial charge in [-0.15, -0.1) is 0 Å². The zero-order valence-corrected chi connectivity index (χ0v) is 11.6. The number of hydrogen-bond acceptors (Lipinski definition) is 3. The van der Waals surface area contributed by atoms with Gasteiger partial charge in [-0.3, -0.25) is 4.79 Å². The number of phenols is 1. The molecule has 3 N–H and O–H groups in total. The molecular weight excluding hydrogens is 266 g/mol. The van der Waals surface area contributed by atoms with E-state index in [2.05, 4.69) is 17.2 Å². The Bertz CT molecular complexity index is 726. The Hall–Kier alpha value is -2.77. The van der Waals surface area contributed by atoms with Gasteiger partial charge in [-0.25, -0.2) is 0 Å². The fraction of sp³-hybridized carbons (Fsp3) is 0.118. The summed E-state index contributed by atoms with van der Waals surface area (Å²) in [5.41, 5.74) is 2.35. The first kappa shape index (κ1) is 14.6. The van der Waals surface area contributed by atoms with Gasteiger partial charge in [-0.2, -0.15) is 0 Å². The lowest BCUT2D eigenvalue weighted by molar-refractivity contribution is 0.102. The van der Waals surface area contributed by atoms with Crippen LogP contribution in [-0.4, -0.2) is 22.7 Å². The van der Waals surface area contributed by atoms with Crippen LogP contribution in [-0.2, 0) is 0 Å². The molecule has 0 unspecified atom stereocenters. The average molecular weight is 281 g/mol. The zero-order valence-electron chi connectivity index (χ0n) is 11.6. The van der Waals surface area contributed by atoms with Gasteiger partial charge in [0.2, 0.25) is 0 Å². The van der Waals surface area contributed by atoms with Crippen molar-refractivity contribution in [3.8, 4) is 17.6 Å². The Balaban J connectivity index is 2.31. The summed E-state index contributed by atoms with van der Waals surface area (Å²) in [6.07, 6.45) is 0. The van der Waals surface area contributed by atoms with Crippen LogP contribution in [0.25, 0.3) is 0 Å². The van der Waals surface area contributed by atoms with E-state index in [-0.39, 0.29) is 17.9 Å². The van der Waals surface area contributed by atoms with E-state index < -0.39 is 5.91 Å². The summed E-state index contributed by atoms with van der Waals surface area (Å²) in [7, 11) is 0. The molecule has 0 fully saturated rings. The van der Waals surface area contributed by atoms with Crippen molar-refractivity contribution in [1.82, 2.24) is 0 Å². The molecule has 0 aliphatic heterocycles. The van der Waals surface area contributed by atoms with Gasteiger partial charge in [0.05, 0.1) is 11.3 Å². The number of nitrogens with one attached hydrogen (secondary N) is 1. The molecule has 0 bridgehead atoms. The number of aliphatic hydroxyl groups excluding tert-OH is 1. The highest BCUT2D eigenvalue weighted by Gasteiger charge is 2.12. The second-order valence-corrected chi connectivity index (χ2v) is 4.48. The van der Waals surface area contributed by atoms with Crippen molar-refractivity contribution >= 4 is 11.6 Å². The number of aryl methyl sites for hydroxylation is 1. The third-order valence-electron chi connectivity index (χ3n) is 2.87. The monoisotopic (exact) mass is 281 g/mol. The van der Waals surface area contributed by atoms with Crippen LogP contribution >= 0.6 is 0 Å². The van der Waals surface area contributed by atoms with Crippen LogP contribution in [0.15, 0.2) is 42.5 Å². The van der Waals surface area contributed by atoms with E-state index >= 15 is 0 Å². The number of aliphatic hydroxyl groups is 1. The molecule has 2 aromatic carbocycles. The largest absolute Gasteiger partial charge is 0.507 e. The normalized spacial score (nSPS) is 9.62. The lowest BCUT2D eigenvalue weighted by Gasteiger charge is -2.09. The number of para-hydroxylation sites is 1. The van der Waals surface area contributed by atoms with Crippen molar-refractivity contribution in [2.45, 2.75) is 6.92 Å². The van der Waals surface area contributed by atoms with Gasteiger partial charge in [-0.1, -0.05) is 30.0 Å². The Labute approximate surface area is 123 Å². The molecule has 0 aromatic heterocycles. The molecule has 2 aromatic rings. The first-order valence-electron chi connectivity index (χ1n) is 6.41. The average Bonchev–Trinajstić information content (AvgIpc) is 2.47. The van der Waals surface area contributed by atoms with E-state index in [4.69, 9.17) is 5.11 Å². The Morgan fingerprint density at radius 3 is 2.71 bits per heavy atom. The lowest BCUT2D eigenvalue weighted by Crippen LogP contribution is -2.13. The molecule has 0 saturated carbocycles. The molecule has 0 atom stereocenters. The number of hydrogen-bond donors (Lipinski definition) is 3. The molecule has 21 heavy (non-hydrogen) atoms. The fourth-order valence-corrected chi connectivity index (χ4v) is 1.86. The maximum absolute atomic E-state index is 12.2. The molecule has 0 aliphatic rings. The Kier molecular flexibility index (Phi) is 4.60. The van der Waals surface area contributed by atoms with Crippen molar-refractivity contribution in [1.29, 1.82) is 0 Å². The topological polar surface area (TPSA) is 69.6 Å². The summed E-state index contributed by atoms with van der Waals surface area (Å²) in [6.45, 7) is 1.67. The van der Waals surface area contributed by atoms with Crippen molar-refractivity contribution in [3.05, 3.63) is 59.2 Å². The van der Waals surface area contributed by atoms with Crippen LogP contribution in [0, 0.1) is 18.8 Å². The molecule has 4 heteroatoms. The van der Waals surface area contributed by atoms with Gasteiger partial charge in [0, 0.05) is 5.56 Å². The van der Waals surface area contributed by atoms with E-state index in [0.29, 0.717) is 11.3 Å². The molecule has 1 amide bonds. The van der Waals surface area contributed by atoms with E-state index in [9.17, 15) is 9.90 Å². The van der Waals surface area contributed by atoms with Crippen molar-refractivity contribution < 1.29 is 15.0 Å². The highest BCUT2D eigenvalue weighted by atomic mass is 16.3. The van der Waals surface area contributed by atoms with Crippen LogP contribution in [0.2, 0.25) is 0 Å². The van der Waals surface area contributed by atoms with Crippen LogP contribution in [0.1, 0.15) is 21.5 Å². The Morgan fingerprint density at radius 1 is 1.24 bits per heavy atom. The van der Waals surface area contributed by atoms with Crippen LogP contribution < -0.4 is 5.32 Å². The predicted molar refractivity (Wildman–Crippen MR) is 81.2 cm³/mol. The van der Waals surface area contributed by atoms with E-state index in [1.54, 1.807) is 18.2 Å². The molecule has 4 nitrogen and oxygen atoms in total. The van der Waals surface area contributed by atoms with Gasteiger partial charge in [0.15, 0.2) is 0 Å². The van der Waals surface area contributed by atoms with Gasteiger partial charge < -0.3 is 15.5 Å². The number of benzene rings is 2. The molecule has 0 aliphatic carbocycles. The Morgan fingerprint density at radius 2 is 2.00 bits per heavy atom. The molecule has 0 spiro atoms. The quantitative estimate of drug-likeness (QED) is 0.740. The number of rotatable bonds is 2. The number of amides is 1. The van der Waals surface area contributed by atoms with Gasteiger partial charge in [0.1, 0.15) is 12.4 Å². The molecule has 106 valence electrons. The number of anilines is 1. The van der Waals surface area contributed by atoms with Gasteiger partial charge in [-0.05, 0) is 36.8 Å². The second kappa shape index (κ2) is 6.60. The third-order valence-corrected chi connectivity index (χ3v) is 2.87. The summed E-state index contributed by atoms with van der Waals surface area (Å²) in [5.74, 6) is 4.87. The smallest absolute Gasteiger partial charge is 0.259 e. The number of phenolic OH excluding ortho intramolecular Hbond substituents is 1. The number of carbonyl (C=O) groups is 1. The maximum Gasteiger partial charge on any atom is 0.259 e. The van der Waals surface area contributed by atoms with Crippen molar-refractivity contribution in [2.75, 3.05) is 11.9 Å². The van der Waals surface area contributed by atoms with Crippen LogP contribution in [0.4, 0.5) is 5.69 Å². The summed E-state index contributed by atoms with van der Waals surface area (Å²) >= 11 is 0. The minimum absolute atomic E-state index is 0.0786. The summed E-state index contributed by atoms with van der Waals surface area (Å²) in [4.78, 5) is 12.2. The lowest BCUT2D eigenvalue weighted by atomic mass is 10.1. The first-order chi connectivity index (χ1) is 10.1. The highest BCUT2D eigenvalue weighted by Crippen LogP contribution is 2.20. The SMILES string of the molecule is Cc1ccc(NC(=O)c2ccccc2O)c(C#CCO)c1. The van der Waals surface area contributed by atoms with E-state index in [0.717, 1.165) is 5.56 Å².